The zero-order valence-corrected chi connectivity index (χ0v) is 11.1. The number of benzene rings is 2. The first-order valence-corrected chi connectivity index (χ1v) is 6.09. The van der Waals surface area contributed by atoms with Gasteiger partial charge in [-0.3, -0.25) is 0 Å². The average Bonchev–Trinajstić information content (AvgIpc) is 2.39. The second-order valence-electron chi connectivity index (χ2n) is 4.84. The summed E-state index contributed by atoms with van der Waals surface area (Å²) in [6, 6.07) is 18.4. The molecule has 0 aliphatic carbocycles. The lowest BCUT2D eigenvalue weighted by Crippen LogP contribution is -2.27. The highest BCUT2D eigenvalue weighted by molar-refractivity contribution is 5.47. The molecule has 2 heteroatoms. The number of para-hydroxylation sites is 1. The normalized spacial score (nSPS) is 11.1. The lowest BCUT2D eigenvalue weighted by atomic mass is 9.94. The molecule has 0 radical (unpaired) electrons. The van der Waals surface area contributed by atoms with Crippen molar-refractivity contribution in [3.63, 3.8) is 0 Å². The standard InChI is InChI=1S/C16H19NO/c1-16(2,17-14-7-5-4-6-8-14)13-9-11-15(18-3)12-10-13/h4-12,17H,1-3H3. The Labute approximate surface area is 109 Å². The molecule has 0 saturated heterocycles. The molecule has 2 aromatic carbocycles. The van der Waals surface area contributed by atoms with Crippen molar-refractivity contribution in [1.82, 2.24) is 0 Å². The highest BCUT2D eigenvalue weighted by atomic mass is 16.5. The molecule has 94 valence electrons. The minimum atomic E-state index is -0.117. The number of methoxy groups -OCH3 is 1. The highest BCUT2D eigenvalue weighted by Gasteiger charge is 2.19. The van der Waals surface area contributed by atoms with E-state index < -0.39 is 0 Å². The van der Waals surface area contributed by atoms with Crippen LogP contribution in [0.15, 0.2) is 54.6 Å². The van der Waals surface area contributed by atoms with E-state index in [-0.39, 0.29) is 5.54 Å². The van der Waals surface area contributed by atoms with Crippen LogP contribution in [0.3, 0.4) is 0 Å². The number of anilines is 1. The summed E-state index contributed by atoms with van der Waals surface area (Å²) in [4.78, 5) is 0. The van der Waals surface area contributed by atoms with E-state index in [1.165, 1.54) is 5.56 Å². The molecular weight excluding hydrogens is 222 g/mol. The van der Waals surface area contributed by atoms with Crippen LogP contribution in [0.4, 0.5) is 5.69 Å². The van der Waals surface area contributed by atoms with E-state index in [0.29, 0.717) is 0 Å². The molecule has 2 rings (SSSR count). The smallest absolute Gasteiger partial charge is 0.118 e. The molecule has 0 bridgehead atoms. The zero-order chi connectivity index (χ0) is 13.0. The Morgan fingerprint density at radius 2 is 1.50 bits per heavy atom. The van der Waals surface area contributed by atoms with E-state index in [9.17, 15) is 0 Å². The molecule has 0 aliphatic heterocycles. The van der Waals surface area contributed by atoms with E-state index >= 15 is 0 Å². The summed E-state index contributed by atoms with van der Waals surface area (Å²) in [7, 11) is 1.68. The highest BCUT2D eigenvalue weighted by Crippen LogP contribution is 2.26. The van der Waals surface area contributed by atoms with Gasteiger partial charge in [-0.15, -0.1) is 0 Å². The molecule has 0 spiro atoms. The van der Waals surface area contributed by atoms with Gasteiger partial charge in [-0.1, -0.05) is 30.3 Å². The van der Waals surface area contributed by atoms with Crippen molar-refractivity contribution >= 4 is 5.69 Å². The summed E-state index contributed by atoms with van der Waals surface area (Å²) >= 11 is 0. The molecule has 0 atom stereocenters. The molecule has 0 amide bonds. The third kappa shape index (κ3) is 2.83. The molecule has 0 unspecified atom stereocenters. The van der Waals surface area contributed by atoms with Crippen LogP contribution in [0.1, 0.15) is 19.4 Å². The number of rotatable bonds is 4. The van der Waals surface area contributed by atoms with Gasteiger partial charge in [0.15, 0.2) is 0 Å². The van der Waals surface area contributed by atoms with Crippen molar-refractivity contribution in [2.45, 2.75) is 19.4 Å². The first kappa shape index (κ1) is 12.5. The molecule has 2 nitrogen and oxygen atoms in total. The third-order valence-corrected chi connectivity index (χ3v) is 3.04. The number of ether oxygens (including phenoxy) is 1. The zero-order valence-electron chi connectivity index (χ0n) is 11.1. The Balaban J connectivity index is 2.19. The van der Waals surface area contributed by atoms with Crippen LogP contribution in [-0.4, -0.2) is 7.11 Å². The van der Waals surface area contributed by atoms with Gasteiger partial charge in [-0.05, 0) is 43.7 Å². The molecule has 0 aromatic heterocycles. The van der Waals surface area contributed by atoms with Gasteiger partial charge < -0.3 is 10.1 Å². The fraction of sp³-hybridized carbons (Fsp3) is 0.250. The third-order valence-electron chi connectivity index (χ3n) is 3.04. The minimum Gasteiger partial charge on any atom is -0.497 e. The Bertz CT molecular complexity index is 488. The first-order valence-electron chi connectivity index (χ1n) is 6.09. The quantitative estimate of drug-likeness (QED) is 0.872. The van der Waals surface area contributed by atoms with Gasteiger partial charge in [-0.2, -0.15) is 0 Å². The maximum atomic E-state index is 5.18. The molecule has 0 saturated carbocycles. The van der Waals surface area contributed by atoms with Gasteiger partial charge in [0.25, 0.3) is 0 Å². The maximum absolute atomic E-state index is 5.18. The van der Waals surface area contributed by atoms with Crippen molar-refractivity contribution in [3.8, 4) is 5.75 Å². The molecule has 2 aromatic rings. The van der Waals surface area contributed by atoms with Crippen LogP contribution in [0.5, 0.6) is 5.75 Å². The van der Waals surface area contributed by atoms with Crippen LogP contribution < -0.4 is 10.1 Å². The Kier molecular flexibility index (Phi) is 3.56. The molecule has 0 aliphatic rings. The largest absolute Gasteiger partial charge is 0.497 e. The van der Waals surface area contributed by atoms with E-state index in [1.54, 1.807) is 7.11 Å². The summed E-state index contributed by atoms with van der Waals surface area (Å²) in [6.07, 6.45) is 0. The van der Waals surface area contributed by atoms with Crippen LogP contribution in [0.2, 0.25) is 0 Å². The summed E-state index contributed by atoms with van der Waals surface area (Å²) in [5, 5.41) is 3.53. The van der Waals surface area contributed by atoms with Crippen molar-refractivity contribution in [2.75, 3.05) is 12.4 Å². The van der Waals surface area contributed by atoms with Gasteiger partial charge in [0.2, 0.25) is 0 Å². The van der Waals surface area contributed by atoms with E-state index in [2.05, 4.69) is 43.4 Å². The number of hydrogen-bond donors (Lipinski definition) is 1. The first-order chi connectivity index (χ1) is 8.62. The predicted octanol–water partition coefficient (Wildman–Crippen LogP) is 4.04. The van der Waals surface area contributed by atoms with E-state index in [4.69, 9.17) is 4.74 Å². The van der Waals surface area contributed by atoms with Crippen LogP contribution in [0.25, 0.3) is 0 Å². The fourth-order valence-corrected chi connectivity index (χ4v) is 1.96. The van der Waals surface area contributed by atoms with Gasteiger partial charge in [0.1, 0.15) is 5.75 Å². The summed E-state index contributed by atoms with van der Waals surface area (Å²) in [5.41, 5.74) is 2.23. The average molecular weight is 241 g/mol. The Morgan fingerprint density at radius 3 is 2.06 bits per heavy atom. The molecule has 1 N–H and O–H groups in total. The summed E-state index contributed by atoms with van der Waals surface area (Å²) in [6.45, 7) is 4.34. The predicted molar refractivity (Wildman–Crippen MR) is 76.1 cm³/mol. The summed E-state index contributed by atoms with van der Waals surface area (Å²) < 4.78 is 5.18. The van der Waals surface area contributed by atoms with Gasteiger partial charge in [0.05, 0.1) is 12.6 Å². The van der Waals surface area contributed by atoms with Crippen molar-refractivity contribution in [3.05, 3.63) is 60.2 Å². The van der Waals surface area contributed by atoms with E-state index in [1.807, 2.05) is 30.3 Å². The van der Waals surface area contributed by atoms with Crippen LogP contribution >= 0.6 is 0 Å². The number of hydrogen-bond acceptors (Lipinski definition) is 2. The van der Waals surface area contributed by atoms with E-state index in [0.717, 1.165) is 11.4 Å². The summed E-state index contributed by atoms with van der Waals surface area (Å²) in [5.74, 6) is 0.884. The second kappa shape index (κ2) is 5.13. The second-order valence-corrected chi connectivity index (χ2v) is 4.84. The maximum Gasteiger partial charge on any atom is 0.118 e. The van der Waals surface area contributed by atoms with Gasteiger partial charge >= 0.3 is 0 Å². The SMILES string of the molecule is COc1ccc(C(C)(C)Nc2ccccc2)cc1. The topological polar surface area (TPSA) is 21.3 Å². The van der Waals surface area contributed by atoms with Crippen molar-refractivity contribution < 1.29 is 4.74 Å². The molecular formula is C16H19NO. The van der Waals surface area contributed by atoms with Crippen LogP contribution in [-0.2, 0) is 5.54 Å². The minimum absolute atomic E-state index is 0.117. The monoisotopic (exact) mass is 241 g/mol. The Morgan fingerprint density at radius 1 is 0.889 bits per heavy atom. The molecule has 0 heterocycles. The number of nitrogens with one attached hydrogen (secondary N) is 1. The van der Waals surface area contributed by atoms with Crippen LogP contribution in [0, 0.1) is 0 Å². The lowest BCUT2D eigenvalue weighted by molar-refractivity contribution is 0.414. The van der Waals surface area contributed by atoms with Crippen molar-refractivity contribution in [2.24, 2.45) is 0 Å². The molecule has 18 heavy (non-hydrogen) atoms. The fourth-order valence-electron chi connectivity index (χ4n) is 1.96. The lowest BCUT2D eigenvalue weighted by Gasteiger charge is -2.28. The van der Waals surface area contributed by atoms with Gasteiger partial charge in [0, 0.05) is 5.69 Å². The molecule has 0 fully saturated rings. The Hall–Kier alpha value is -1.96. The van der Waals surface area contributed by atoms with Crippen molar-refractivity contribution in [1.29, 1.82) is 0 Å². The van der Waals surface area contributed by atoms with Gasteiger partial charge in [-0.25, -0.2) is 0 Å².